The molecule has 7 heterocycles. The number of nitrogen functional groups attached to an aromatic ring is 1. The number of pyridine rings is 1. The molecule has 3 saturated heterocycles. The van der Waals surface area contributed by atoms with Gasteiger partial charge in [0, 0.05) is 60.7 Å². The molecule has 282 valence electrons. The number of thiophene rings is 1. The van der Waals surface area contributed by atoms with Crippen molar-refractivity contribution in [3.8, 4) is 40.3 Å². The molecule has 0 radical (unpaired) electrons. The van der Waals surface area contributed by atoms with Crippen molar-refractivity contribution in [2.75, 3.05) is 36.9 Å². The highest BCUT2D eigenvalue weighted by Crippen LogP contribution is 2.46. The predicted molar refractivity (Wildman–Crippen MR) is 209 cm³/mol. The van der Waals surface area contributed by atoms with E-state index in [1.807, 2.05) is 35.1 Å². The molecule has 6 aromatic rings. The van der Waals surface area contributed by atoms with E-state index in [1.54, 1.807) is 12.3 Å². The van der Waals surface area contributed by atoms with Gasteiger partial charge in [-0.05, 0) is 37.0 Å². The summed E-state index contributed by atoms with van der Waals surface area (Å²) in [4.78, 5) is 17.3. The van der Waals surface area contributed by atoms with Gasteiger partial charge in [0.05, 0.1) is 41.1 Å². The highest BCUT2D eigenvalue weighted by Gasteiger charge is 2.40. The maximum atomic E-state index is 15.3. The molecule has 13 nitrogen and oxygen atoms in total. The van der Waals surface area contributed by atoms with E-state index in [9.17, 15) is 5.26 Å². The summed E-state index contributed by atoms with van der Waals surface area (Å²) < 4.78 is 36.3. The highest BCUT2D eigenvalue weighted by atomic mass is 32.1. The Morgan fingerprint density at radius 1 is 1.13 bits per heavy atom. The minimum absolute atomic E-state index is 0.0983. The van der Waals surface area contributed by atoms with Crippen molar-refractivity contribution in [1.82, 2.24) is 35.3 Å². The van der Waals surface area contributed by atoms with Gasteiger partial charge in [0.2, 0.25) is 0 Å². The topological polar surface area (TPSA) is 162 Å². The summed E-state index contributed by atoms with van der Waals surface area (Å²) in [5, 5.41) is 23.9. The maximum Gasteiger partial charge on any atom is 0.319 e. The smallest absolute Gasteiger partial charge is 0.319 e. The van der Waals surface area contributed by atoms with Gasteiger partial charge in [-0.25, -0.2) is 9.07 Å². The molecule has 3 N–H and O–H groups in total. The number of aromatic nitrogens is 6. The van der Waals surface area contributed by atoms with E-state index in [-0.39, 0.29) is 46.1 Å². The molecule has 0 amide bonds. The number of ether oxygens (including phenoxy) is 3. The van der Waals surface area contributed by atoms with Crippen molar-refractivity contribution in [2.45, 2.75) is 70.9 Å². The zero-order chi connectivity index (χ0) is 37.8. The van der Waals surface area contributed by atoms with Crippen LogP contribution in [0.4, 0.5) is 15.2 Å². The first-order valence-corrected chi connectivity index (χ1v) is 19.6. The summed E-state index contributed by atoms with van der Waals surface area (Å²) in [5.41, 5.74) is 10.5. The van der Waals surface area contributed by atoms with Gasteiger partial charge in [-0.15, -0.1) is 16.4 Å². The Kier molecular flexibility index (Phi) is 9.19. The highest BCUT2D eigenvalue weighted by molar-refractivity contribution is 7.23. The molecule has 9 rings (SSSR count). The Labute approximate surface area is 321 Å². The molecule has 3 fully saturated rings. The summed E-state index contributed by atoms with van der Waals surface area (Å²) in [5.74, 6) is 1.06. The molecule has 2 aromatic carbocycles. The zero-order valence-corrected chi connectivity index (χ0v) is 31.6. The van der Waals surface area contributed by atoms with E-state index in [0.29, 0.717) is 58.5 Å². The number of hydrogen-bond acceptors (Lipinski definition) is 13. The van der Waals surface area contributed by atoms with Crippen LogP contribution in [0.5, 0.6) is 11.8 Å². The molecule has 4 aromatic heterocycles. The van der Waals surface area contributed by atoms with Gasteiger partial charge in [0.25, 0.3) is 0 Å². The van der Waals surface area contributed by atoms with Crippen LogP contribution in [0.15, 0.2) is 48.8 Å². The SMILES string of the molecule is CC(C)C(C)n1cc(-c2ccc(COc3c(-c4ccc(F)c5sc(N)c(C#N)c45)ncc4c(N5CC6CC5CN6)nc(OC5CCOCC5)nc34)cc2)nn1. The minimum Gasteiger partial charge on any atom is -0.484 e. The van der Waals surface area contributed by atoms with E-state index in [1.165, 1.54) is 6.07 Å². The molecule has 0 aliphatic carbocycles. The van der Waals surface area contributed by atoms with Crippen molar-refractivity contribution < 1.29 is 18.6 Å². The van der Waals surface area contributed by atoms with Gasteiger partial charge in [0.1, 0.15) is 52.3 Å². The average molecular weight is 761 g/mol. The lowest BCUT2D eigenvalue weighted by Crippen LogP contribution is -2.44. The molecule has 0 spiro atoms. The number of nitrogens with zero attached hydrogens (tertiary/aromatic N) is 8. The number of fused-ring (bicyclic) bond motifs is 4. The molecule has 3 atom stereocenters. The summed E-state index contributed by atoms with van der Waals surface area (Å²) in [7, 11) is 0. The number of hydrogen-bond donors (Lipinski definition) is 2. The number of anilines is 2. The lowest BCUT2D eigenvalue weighted by molar-refractivity contribution is 0.0219. The standard InChI is InChI=1S/C40H41FN10O3S/c1-21(2)22(3)51-19-32(48-49-51)24-6-4-23(5-7-24)20-53-36-34(28-8-9-31(41)37-33(28)29(15-42)38(43)55-37)45-17-30-35(36)46-40(54-27-10-12-52-13-11-27)47-39(30)50-18-25-14-26(50)16-44-25/h4-9,17,19,21-22,25-27,44H,10-14,16,18,20,43H2,1-3H3. The second kappa shape index (κ2) is 14.3. The largest absolute Gasteiger partial charge is 0.484 e. The summed E-state index contributed by atoms with van der Waals surface area (Å²) in [6.45, 7) is 9.48. The van der Waals surface area contributed by atoms with Gasteiger partial charge < -0.3 is 30.2 Å². The van der Waals surface area contributed by atoms with Crippen molar-refractivity contribution in [1.29, 1.82) is 5.26 Å². The number of piperazine rings is 1. The second-order valence-electron chi connectivity index (χ2n) is 14.9. The third kappa shape index (κ3) is 6.47. The first kappa shape index (κ1) is 35.3. The van der Waals surface area contributed by atoms with Gasteiger partial charge in [-0.2, -0.15) is 15.2 Å². The van der Waals surface area contributed by atoms with Crippen LogP contribution in [0.1, 0.15) is 57.2 Å². The molecule has 3 unspecified atom stereocenters. The van der Waals surface area contributed by atoms with Crippen molar-refractivity contribution in [3.63, 3.8) is 0 Å². The quantitative estimate of drug-likeness (QED) is 0.153. The van der Waals surface area contributed by atoms with Crippen LogP contribution >= 0.6 is 11.3 Å². The van der Waals surface area contributed by atoms with E-state index in [2.05, 4.69) is 47.4 Å². The fourth-order valence-electron chi connectivity index (χ4n) is 7.73. The van der Waals surface area contributed by atoms with E-state index < -0.39 is 5.82 Å². The van der Waals surface area contributed by atoms with E-state index in [4.69, 9.17) is 34.9 Å². The molecule has 55 heavy (non-hydrogen) atoms. The fraction of sp³-hybridized carbons (Fsp3) is 0.400. The van der Waals surface area contributed by atoms with E-state index >= 15 is 4.39 Å². The first-order valence-electron chi connectivity index (χ1n) is 18.8. The van der Waals surface area contributed by atoms with Crippen LogP contribution in [0.25, 0.3) is 43.5 Å². The molecule has 3 aliphatic rings. The van der Waals surface area contributed by atoms with Crippen molar-refractivity contribution in [3.05, 3.63) is 65.7 Å². The number of nitriles is 1. The third-order valence-electron chi connectivity index (χ3n) is 11.1. The Hall–Kier alpha value is -5.43. The molecular weight excluding hydrogens is 720 g/mol. The number of benzene rings is 2. The van der Waals surface area contributed by atoms with Crippen LogP contribution < -0.4 is 25.4 Å². The Balaban J connectivity index is 1.16. The van der Waals surface area contributed by atoms with Crippen LogP contribution in [-0.4, -0.2) is 74.4 Å². The van der Waals surface area contributed by atoms with E-state index in [0.717, 1.165) is 66.3 Å². The summed E-state index contributed by atoms with van der Waals surface area (Å²) in [6, 6.07) is 14.3. The fourth-order valence-corrected chi connectivity index (χ4v) is 8.68. The maximum absolute atomic E-state index is 15.3. The van der Waals surface area contributed by atoms with Gasteiger partial charge in [-0.3, -0.25) is 4.98 Å². The first-order chi connectivity index (χ1) is 26.7. The number of nitrogens with two attached hydrogens (primary N) is 1. The van der Waals surface area contributed by atoms with Gasteiger partial charge in [0.15, 0.2) is 5.75 Å². The molecule has 3 aliphatic heterocycles. The Morgan fingerprint density at radius 2 is 1.95 bits per heavy atom. The van der Waals surface area contributed by atoms with Gasteiger partial charge in [-0.1, -0.05) is 43.3 Å². The molecule has 2 bridgehead atoms. The minimum atomic E-state index is -0.464. The molecular formula is C40H41FN10O3S. The Bertz CT molecular complexity index is 2440. The normalized spacial score (nSPS) is 19.1. The lowest BCUT2D eigenvalue weighted by Gasteiger charge is -2.30. The average Bonchev–Trinajstić information content (AvgIpc) is 4.02. The number of halogens is 1. The van der Waals surface area contributed by atoms with Crippen LogP contribution in [-0.2, 0) is 11.3 Å². The second-order valence-corrected chi connectivity index (χ2v) is 16.0. The number of rotatable bonds is 10. The number of nitrogens with one attached hydrogen (secondary N) is 1. The van der Waals surface area contributed by atoms with Crippen LogP contribution in [0, 0.1) is 23.1 Å². The zero-order valence-electron chi connectivity index (χ0n) is 30.8. The van der Waals surface area contributed by atoms with Crippen molar-refractivity contribution in [2.24, 2.45) is 5.92 Å². The molecule has 15 heteroatoms. The van der Waals surface area contributed by atoms with Crippen LogP contribution in [0.2, 0.25) is 0 Å². The van der Waals surface area contributed by atoms with Crippen molar-refractivity contribution >= 4 is 43.1 Å². The van der Waals surface area contributed by atoms with Gasteiger partial charge >= 0.3 is 6.01 Å². The summed E-state index contributed by atoms with van der Waals surface area (Å²) in [6.07, 6.45) is 6.10. The van der Waals surface area contributed by atoms with Crippen LogP contribution in [0.3, 0.4) is 0 Å². The lowest BCUT2D eigenvalue weighted by atomic mass is 10.0. The summed E-state index contributed by atoms with van der Waals surface area (Å²) >= 11 is 1.04. The Morgan fingerprint density at radius 3 is 2.67 bits per heavy atom. The predicted octanol–water partition coefficient (Wildman–Crippen LogP) is 6.66. The third-order valence-corrected chi connectivity index (χ3v) is 12.2. The molecule has 0 saturated carbocycles. The monoisotopic (exact) mass is 760 g/mol.